The van der Waals surface area contributed by atoms with Gasteiger partial charge in [-0.2, -0.15) is 0 Å². The fraction of sp³-hybridized carbons (Fsp3) is 0.583. The lowest BCUT2D eigenvalue weighted by molar-refractivity contribution is 0.831. The molecule has 0 aliphatic heterocycles. The number of nitrogens with one attached hydrogen (secondary N) is 2. The molecule has 0 aliphatic rings. The van der Waals surface area contributed by atoms with Gasteiger partial charge in [0.25, 0.3) is 0 Å². The lowest BCUT2D eigenvalue weighted by Gasteiger charge is -2.07. The molecule has 0 spiro atoms. The van der Waals surface area contributed by atoms with Crippen LogP contribution in [0, 0.1) is 0 Å². The van der Waals surface area contributed by atoms with Crippen LogP contribution in [0.25, 0.3) is 0 Å². The van der Waals surface area contributed by atoms with E-state index < -0.39 is 0 Å². The van der Waals surface area contributed by atoms with E-state index in [1.165, 1.54) is 12.8 Å². The molecule has 0 bridgehead atoms. The maximum atomic E-state index is 4.46. The third-order valence-corrected chi connectivity index (χ3v) is 2.14. The molecule has 0 unspecified atom stereocenters. The van der Waals surface area contributed by atoms with E-state index in [-0.39, 0.29) is 0 Å². The standard InChI is InChI=1S/C12H21N3/c1-3-5-10-14-12-8-6-7-11(15-12)13-9-4-2/h6-8H,3-5,9-10H2,1-2H3,(H2,13,14,15). The first-order valence-corrected chi connectivity index (χ1v) is 5.81. The lowest BCUT2D eigenvalue weighted by Crippen LogP contribution is -2.06. The number of anilines is 2. The maximum Gasteiger partial charge on any atom is 0.128 e. The predicted molar refractivity (Wildman–Crippen MR) is 66.4 cm³/mol. The Morgan fingerprint density at radius 3 is 2.27 bits per heavy atom. The summed E-state index contributed by atoms with van der Waals surface area (Å²) in [6.07, 6.45) is 3.52. The summed E-state index contributed by atoms with van der Waals surface area (Å²) in [5.41, 5.74) is 0. The smallest absolute Gasteiger partial charge is 0.128 e. The molecular formula is C12H21N3. The zero-order valence-electron chi connectivity index (χ0n) is 9.71. The minimum atomic E-state index is 0.957. The molecule has 1 aromatic rings. The molecular weight excluding hydrogens is 186 g/mol. The van der Waals surface area contributed by atoms with Crippen LogP contribution in [0.15, 0.2) is 18.2 Å². The average molecular weight is 207 g/mol. The Hall–Kier alpha value is -1.25. The fourth-order valence-corrected chi connectivity index (χ4v) is 1.28. The minimum absolute atomic E-state index is 0.957. The topological polar surface area (TPSA) is 37.0 Å². The molecule has 1 rings (SSSR count). The zero-order valence-corrected chi connectivity index (χ0v) is 9.71. The van der Waals surface area contributed by atoms with Crippen molar-refractivity contribution in [1.82, 2.24) is 4.98 Å². The molecule has 1 aromatic heterocycles. The summed E-state index contributed by atoms with van der Waals surface area (Å²) in [7, 11) is 0. The Morgan fingerprint density at radius 1 is 1.00 bits per heavy atom. The Labute approximate surface area is 92.3 Å². The third kappa shape index (κ3) is 4.68. The van der Waals surface area contributed by atoms with Gasteiger partial charge in [0.15, 0.2) is 0 Å². The Morgan fingerprint density at radius 2 is 1.67 bits per heavy atom. The number of hydrogen-bond donors (Lipinski definition) is 2. The van der Waals surface area contributed by atoms with Gasteiger partial charge in [0.2, 0.25) is 0 Å². The summed E-state index contributed by atoms with van der Waals surface area (Å²) < 4.78 is 0. The molecule has 1 heterocycles. The summed E-state index contributed by atoms with van der Waals surface area (Å²) in [6, 6.07) is 6.03. The van der Waals surface area contributed by atoms with E-state index in [1.807, 2.05) is 18.2 Å². The predicted octanol–water partition coefficient (Wildman–Crippen LogP) is 3.12. The van der Waals surface area contributed by atoms with Crippen molar-refractivity contribution in [3.8, 4) is 0 Å². The second kappa shape index (κ2) is 7.10. The van der Waals surface area contributed by atoms with Gasteiger partial charge in [-0.25, -0.2) is 4.98 Å². The number of aromatic nitrogens is 1. The van der Waals surface area contributed by atoms with E-state index in [9.17, 15) is 0 Å². The number of hydrogen-bond acceptors (Lipinski definition) is 3. The highest BCUT2D eigenvalue weighted by molar-refractivity contribution is 5.44. The van der Waals surface area contributed by atoms with Gasteiger partial charge in [0.1, 0.15) is 11.6 Å². The molecule has 0 aliphatic carbocycles. The first-order chi connectivity index (χ1) is 7.36. The van der Waals surface area contributed by atoms with Gasteiger partial charge < -0.3 is 10.6 Å². The third-order valence-electron chi connectivity index (χ3n) is 2.14. The van der Waals surface area contributed by atoms with Crippen LogP contribution in [0.5, 0.6) is 0 Å². The van der Waals surface area contributed by atoms with E-state index >= 15 is 0 Å². The Bertz CT molecular complexity index is 273. The minimum Gasteiger partial charge on any atom is -0.370 e. The summed E-state index contributed by atoms with van der Waals surface area (Å²) in [6.45, 7) is 6.32. The molecule has 0 saturated heterocycles. The van der Waals surface area contributed by atoms with Crippen molar-refractivity contribution in [2.75, 3.05) is 23.7 Å². The van der Waals surface area contributed by atoms with Crippen LogP contribution in [-0.4, -0.2) is 18.1 Å². The van der Waals surface area contributed by atoms with Crippen molar-refractivity contribution in [1.29, 1.82) is 0 Å². The van der Waals surface area contributed by atoms with Gasteiger partial charge in [0.05, 0.1) is 0 Å². The van der Waals surface area contributed by atoms with Crippen molar-refractivity contribution < 1.29 is 0 Å². The number of pyridine rings is 1. The summed E-state index contributed by atoms with van der Waals surface area (Å²) in [5, 5.41) is 6.59. The molecule has 15 heavy (non-hydrogen) atoms. The zero-order chi connectivity index (χ0) is 10.9. The van der Waals surface area contributed by atoms with Gasteiger partial charge in [-0.1, -0.05) is 26.3 Å². The first kappa shape index (κ1) is 11.8. The SMILES string of the molecule is CCCCNc1cccc(NCCC)n1. The van der Waals surface area contributed by atoms with Crippen molar-refractivity contribution in [2.45, 2.75) is 33.1 Å². The number of rotatable bonds is 7. The second-order valence-corrected chi connectivity index (χ2v) is 3.62. The summed E-state index contributed by atoms with van der Waals surface area (Å²) >= 11 is 0. The summed E-state index contributed by atoms with van der Waals surface area (Å²) in [5.74, 6) is 1.92. The molecule has 2 N–H and O–H groups in total. The van der Waals surface area contributed by atoms with E-state index in [2.05, 4.69) is 29.5 Å². The highest BCUT2D eigenvalue weighted by Crippen LogP contribution is 2.09. The van der Waals surface area contributed by atoms with Gasteiger partial charge >= 0.3 is 0 Å². The molecule has 84 valence electrons. The van der Waals surface area contributed by atoms with Crippen LogP contribution in [0.3, 0.4) is 0 Å². The molecule has 0 fully saturated rings. The molecule has 3 nitrogen and oxygen atoms in total. The molecule has 0 aromatic carbocycles. The van der Waals surface area contributed by atoms with E-state index in [0.717, 1.165) is 31.1 Å². The average Bonchev–Trinajstić information content (AvgIpc) is 2.27. The van der Waals surface area contributed by atoms with Gasteiger partial charge in [-0.3, -0.25) is 0 Å². The van der Waals surface area contributed by atoms with E-state index in [0.29, 0.717) is 0 Å². The lowest BCUT2D eigenvalue weighted by atomic mass is 10.3. The van der Waals surface area contributed by atoms with Crippen LogP contribution in [-0.2, 0) is 0 Å². The largest absolute Gasteiger partial charge is 0.370 e. The number of unbranched alkanes of at least 4 members (excludes halogenated alkanes) is 1. The van der Waals surface area contributed by atoms with Crippen LogP contribution in [0.2, 0.25) is 0 Å². The summed E-state index contributed by atoms with van der Waals surface area (Å²) in [4.78, 5) is 4.46. The van der Waals surface area contributed by atoms with Crippen LogP contribution >= 0.6 is 0 Å². The van der Waals surface area contributed by atoms with Crippen molar-refractivity contribution in [3.63, 3.8) is 0 Å². The van der Waals surface area contributed by atoms with Gasteiger partial charge in [-0.15, -0.1) is 0 Å². The molecule has 3 heteroatoms. The normalized spacial score (nSPS) is 10.0. The Kier molecular flexibility index (Phi) is 5.59. The fourth-order valence-electron chi connectivity index (χ4n) is 1.28. The molecule has 0 amide bonds. The van der Waals surface area contributed by atoms with Gasteiger partial charge in [-0.05, 0) is 25.0 Å². The molecule has 0 saturated carbocycles. The van der Waals surface area contributed by atoms with Crippen molar-refractivity contribution >= 4 is 11.6 Å². The van der Waals surface area contributed by atoms with Gasteiger partial charge in [0, 0.05) is 13.1 Å². The molecule has 0 atom stereocenters. The van der Waals surface area contributed by atoms with E-state index in [4.69, 9.17) is 0 Å². The maximum absolute atomic E-state index is 4.46. The Balaban J connectivity index is 2.42. The van der Waals surface area contributed by atoms with Crippen LogP contribution < -0.4 is 10.6 Å². The second-order valence-electron chi connectivity index (χ2n) is 3.62. The van der Waals surface area contributed by atoms with Crippen LogP contribution in [0.4, 0.5) is 11.6 Å². The van der Waals surface area contributed by atoms with Crippen molar-refractivity contribution in [2.24, 2.45) is 0 Å². The van der Waals surface area contributed by atoms with E-state index in [1.54, 1.807) is 0 Å². The monoisotopic (exact) mass is 207 g/mol. The highest BCUT2D eigenvalue weighted by atomic mass is 15.1. The van der Waals surface area contributed by atoms with Crippen LogP contribution in [0.1, 0.15) is 33.1 Å². The number of nitrogens with zero attached hydrogens (tertiary/aromatic N) is 1. The molecule has 0 radical (unpaired) electrons. The quantitative estimate of drug-likeness (QED) is 0.674. The highest BCUT2D eigenvalue weighted by Gasteiger charge is 1.95. The first-order valence-electron chi connectivity index (χ1n) is 5.81. The van der Waals surface area contributed by atoms with Crippen molar-refractivity contribution in [3.05, 3.63) is 18.2 Å².